The van der Waals surface area contributed by atoms with E-state index < -0.39 is 6.10 Å². The van der Waals surface area contributed by atoms with E-state index >= 15 is 0 Å². The Kier molecular flexibility index (Phi) is 4.02. The zero-order valence-corrected chi connectivity index (χ0v) is 7.82. The summed E-state index contributed by atoms with van der Waals surface area (Å²) in [6.45, 7) is 0. The zero-order valence-electron chi connectivity index (χ0n) is 7.82. The van der Waals surface area contributed by atoms with E-state index in [9.17, 15) is 5.11 Å². The monoisotopic (exact) mass is 186 g/mol. The molecule has 4 nitrogen and oxygen atoms in total. The maximum Gasteiger partial charge on any atom is 0.141 e. The summed E-state index contributed by atoms with van der Waals surface area (Å²) in [5.74, 6) is 0.465. The van der Waals surface area contributed by atoms with Crippen LogP contribution in [0, 0.1) is 5.92 Å². The van der Waals surface area contributed by atoms with E-state index in [1.165, 1.54) is 19.3 Å². The van der Waals surface area contributed by atoms with Gasteiger partial charge in [-0.15, -0.1) is 0 Å². The molecule has 1 saturated carbocycles. The molecule has 0 bridgehead atoms. The maximum absolute atomic E-state index is 9.70. The largest absolute Gasteiger partial charge is 0.409 e. The van der Waals surface area contributed by atoms with Crippen molar-refractivity contribution in [1.82, 2.24) is 0 Å². The van der Waals surface area contributed by atoms with Gasteiger partial charge in [-0.05, 0) is 18.8 Å². The molecule has 0 aliphatic heterocycles. The van der Waals surface area contributed by atoms with Crippen molar-refractivity contribution in [3.63, 3.8) is 0 Å². The molecule has 1 aliphatic rings. The Morgan fingerprint density at radius 3 is 2.54 bits per heavy atom. The smallest absolute Gasteiger partial charge is 0.141 e. The van der Waals surface area contributed by atoms with Gasteiger partial charge in [0, 0.05) is 6.42 Å². The number of nitrogens with zero attached hydrogens (tertiary/aromatic N) is 1. The van der Waals surface area contributed by atoms with Crippen molar-refractivity contribution in [3.05, 3.63) is 0 Å². The summed E-state index contributed by atoms with van der Waals surface area (Å²) in [5.41, 5.74) is 5.32. The molecule has 1 aliphatic carbocycles. The van der Waals surface area contributed by atoms with Crippen molar-refractivity contribution < 1.29 is 10.3 Å². The highest BCUT2D eigenvalue weighted by Crippen LogP contribution is 2.27. The molecule has 13 heavy (non-hydrogen) atoms. The van der Waals surface area contributed by atoms with Crippen LogP contribution in [0.25, 0.3) is 0 Å². The molecular formula is C9H18N2O2. The van der Waals surface area contributed by atoms with Gasteiger partial charge in [-0.3, -0.25) is 0 Å². The van der Waals surface area contributed by atoms with Crippen LogP contribution in [-0.4, -0.2) is 22.3 Å². The summed E-state index contributed by atoms with van der Waals surface area (Å²) in [4.78, 5) is 0. The highest BCUT2D eigenvalue weighted by Gasteiger charge is 2.22. The van der Waals surface area contributed by atoms with Crippen LogP contribution >= 0.6 is 0 Å². The summed E-state index contributed by atoms with van der Waals surface area (Å²) in [5, 5.41) is 20.9. The Morgan fingerprint density at radius 1 is 1.38 bits per heavy atom. The third kappa shape index (κ3) is 3.22. The minimum atomic E-state index is -0.434. The third-order valence-electron chi connectivity index (χ3n) is 2.74. The predicted molar refractivity (Wildman–Crippen MR) is 50.6 cm³/mol. The molecule has 0 aromatic carbocycles. The van der Waals surface area contributed by atoms with Gasteiger partial charge in [0.2, 0.25) is 0 Å². The maximum atomic E-state index is 9.70. The number of amidine groups is 1. The van der Waals surface area contributed by atoms with Gasteiger partial charge in [0.05, 0.1) is 6.10 Å². The molecule has 1 unspecified atom stereocenters. The van der Waals surface area contributed by atoms with Gasteiger partial charge in [0.25, 0.3) is 0 Å². The average molecular weight is 186 g/mol. The molecule has 0 heterocycles. The van der Waals surface area contributed by atoms with Crippen LogP contribution < -0.4 is 5.73 Å². The van der Waals surface area contributed by atoms with Gasteiger partial charge in [-0.1, -0.05) is 24.4 Å². The summed E-state index contributed by atoms with van der Waals surface area (Å²) < 4.78 is 0. The molecule has 0 aromatic heterocycles. The van der Waals surface area contributed by atoms with E-state index in [1.54, 1.807) is 0 Å². The van der Waals surface area contributed by atoms with Crippen molar-refractivity contribution in [2.45, 2.75) is 44.6 Å². The Hall–Kier alpha value is -0.770. The summed E-state index contributed by atoms with van der Waals surface area (Å²) in [6, 6.07) is 0. The fraction of sp³-hybridized carbons (Fsp3) is 0.889. The molecule has 1 rings (SSSR count). The molecule has 76 valence electrons. The molecule has 0 saturated heterocycles. The number of rotatable bonds is 3. The van der Waals surface area contributed by atoms with Gasteiger partial charge >= 0.3 is 0 Å². The van der Waals surface area contributed by atoms with Crippen LogP contribution in [0.2, 0.25) is 0 Å². The normalized spacial score (nSPS) is 23.0. The first kappa shape index (κ1) is 10.3. The van der Waals surface area contributed by atoms with Crippen molar-refractivity contribution in [2.75, 3.05) is 0 Å². The van der Waals surface area contributed by atoms with Gasteiger partial charge in [0.1, 0.15) is 5.84 Å². The average Bonchev–Trinajstić information content (AvgIpc) is 2.19. The van der Waals surface area contributed by atoms with Crippen LogP contribution in [0.15, 0.2) is 5.16 Å². The topological polar surface area (TPSA) is 78.8 Å². The van der Waals surface area contributed by atoms with Crippen LogP contribution in [0.5, 0.6) is 0 Å². The molecule has 0 aromatic rings. The van der Waals surface area contributed by atoms with Crippen molar-refractivity contribution >= 4 is 5.84 Å². The number of hydrogen-bond donors (Lipinski definition) is 3. The second-order valence-corrected chi connectivity index (χ2v) is 3.76. The second kappa shape index (κ2) is 5.07. The lowest BCUT2D eigenvalue weighted by Gasteiger charge is -2.26. The highest BCUT2D eigenvalue weighted by molar-refractivity contribution is 5.80. The fourth-order valence-corrected chi connectivity index (χ4v) is 1.94. The third-order valence-corrected chi connectivity index (χ3v) is 2.74. The minimum Gasteiger partial charge on any atom is -0.409 e. The lowest BCUT2D eigenvalue weighted by molar-refractivity contribution is 0.0900. The Labute approximate surface area is 78.4 Å². The molecule has 1 fully saturated rings. The molecule has 4 N–H and O–H groups in total. The van der Waals surface area contributed by atoms with E-state index in [1.807, 2.05) is 0 Å². The van der Waals surface area contributed by atoms with Crippen molar-refractivity contribution in [2.24, 2.45) is 16.8 Å². The Bertz CT molecular complexity index is 176. The fourth-order valence-electron chi connectivity index (χ4n) is 1.94. The molecule has 4 heteroatoms. The summed E-state index contributed by atoms with van der Waals surface area (Å²) >= 11 is 0. The van der Waals surface area contributed by atoms with Crippen LogP contribution in [-0.2, 0) is 0 Å². The quantitative estimate of drug-likeness (QED) is 0.267. The first-order valence-corrected chi connectivity index (χ1v) is 4.88. The highest BCUT2D eigenvalue weighted by atomic mass is 16.4. The van der Waals surface area contributed by atoms with Gasteiger partial charge in [0.15, 0.2) is 0 Å². The molecule has 0 spiro atoms. The van der Waals surface area contributed by atoms with Gasteiger partial charge < -0.3 is 16.0 Å². The number of aliphatic hydroxyl groups is 1. The van der Waals surface area contributed by atoms with Crippen molar-refractivity contribution in [1.29, 1.82) is 0 Å². The number of hydrogen-bond acceptors (Lipinski definition) is 3. The van der Waals surface area contributed by atoms with Crippen LogP contribution in [0.3, 0.4) is 0 Å². The molecule has 1 atom stereocenters. The van der Waals surface area contributed by atoms with E-state index in [-0.39, 0.29) is 5.84 Å². The first-order valence-electron chi connectivity index (χ1n) is 4.88. The Morgan fingerprint density at radius 2 is 2.00 bits per heavy atom. The van der Waals surface area contributed by atoms with Gasteiger partial charge in [-0.2, -0.15) is 0 Å². The SMILES string of the molecule is N/C(CC(O)C1CCCCC1)=N\O. The van der Waals surface area contributed by atoms with Gasteiger partial charge in [-0.25, -0.2) is 0 Å². The molecule has 0 radical (unpaired) electrons. The lowest BCUT2D eigenvalue weighted by Crippen LogP contribution is -2.28. The van der Waals surface area contributed by atoms with Crippen LogP contribution in [0.4, 0.5) is 0 Å². The number of nitrogens with two attached hydrogens (primary N) is 1. The predicted octanol–water partition coefficient (Wildman–Crippen LogP) is 1.06. The number of aliphatic hydroxyl groups excluding tert-OH is 1. The minimum absolute atomic E-state index is 0.123. The Balaban J connectivity index is 2.32. The standard InChI is InChI=1S/C9H18N2O2/c10-9(11-13)6-8(12)7-4-2-1-3-5-7/h7-8,12-13H,1-6H2,(H2,10,11). The van der Waals surface area contributed by atoms with E-state index in [2.05, 4.69) is 5.16 Å². The van der Waals surface area contributed by atoms with Crippen LogP contribution in [0.1, 0.15) is 38.5 Å². The lowest BCUT2D eigenvalue weighted by atomic mass is 9.84. The summed E-state index contributed by atoms with van der Waals surface area (Å²) in [7, 11) is 0. The molecule has 0 amide bonds. The van der Waals surface area contributed by atoms with Crippen molar-refractivity contribution in [3.8, 4) is 0 Å². The van der Waals surface area contributed by atoms with E-state index in [0.29, 0.717) is 12.3 Å². The summed E-state index contributed by atoms with van der Waals surface area (Å²) in [6.07, 6.45) is 5.65. The van der Waals surface area contributed by atoms with E-state index in [0.717, 1.165) is 12.8 Å². The first-order chi connectivity index (χ1) is 6.24. The number of oxime groups is 1. The van der Waals surface area contributed by atoms with E-state index in [4.69, 9.17) is 10.9 Å². The molecular weight excluding hydrogens is 168 g/mol. The second-order valence-electron chi connectivity index (χ2n) is 3.76. The zero-order chi connectivity index (χ0) is 9.68.